The standard InChI is InChI=1S/C10H16N6O3S/c1-2-5-16-6-8(10(11)15-16)20(17,18)14-4-3-9-12-7-13-19-9/h6-7,14H,2-5H2,1H3,(H2,11,15). The molecule has 2 rings (SSSR count). The number of nitrogens with zero attached hydrogens (tertiary/aromatic N) is 4. The summed E-state index contributed by atoms with van der Waals surface area (Å²) in [5.74, 6) is 0.353. The first-order chi connectivity index (χ1) is 9.53. The van der Waals surface area contributed by atoms with E-state index in [9.17, 15) is 8.42 Å². The topological polar surface area (TPSA) is 129 Å². The maximum Gasteiger partial charge on any atom is 0.245 e. The Hall–Kier alpha value is -1.94. The summed E-state index contributed by atoms with van der Waals surface area (Å²) in [6.45, 7) is 2.72. The van der Waals surface area contributed by atoms with Crippen LogP contribution in [0.2, 0.25) is 0 Å². The molecule has 0 unspecified atom stereocenters. The molecule has 10 heteroatoms. The van der Waals surface area contributed by atoms with Gasteiger partial charge in [-0.25, -0.2) is 13.1 Å². The molecule has 0 fully saturated rings. The van der Waals surface area contributed by atoms with Crippen molar-refractivity contribution < 1.29 is 12.9 Å². The molecule has 0 aliphatic carbocycles. The molecule has 20 heavy (non-hydrogen) atoms. The summed E-state index contributed by atoms with van der Waals surface area (Å²) < 4.78 is 32.9. The zero-order chi connectivity index (χ0) is 14.6. The quantitative estimate of drug-likeness (QED) is 0.723. The second-order valence-corrected chi connectivity index (χ2v) is 5.86. The molecule has 0 spiro atoms. The minimum absolute atomic E-state index is 0.0104. The molecule has 0 aliphatic heterocycles. The highest BCUT2D eigenvalue weighted by atomic mass is 32.2. The lowest BCUT2D eigenvalue weighted by molar-refractivity contribution is 0.377. The molecule has 0 aliphatic rings. The number of sulfonamides is 1. The normalized spacial score (nSPS) is 11.8. The summed E-state index contributed by atoms with van der Waals surface area (Å²) in [7, 11) is -3.69. The number of aryl methyl sites for hydroxylation is 1. The van der Waals surface area contributed by atoms with Crippen LogP contribution in [0.25, 0.3) is 0 Å². The average Bonchev–Trinajstić information content (AvgIpc) is 2.99. The highest BCUT2D eigenvalue weighted by Crippen LogP contribution is 2.16. The predicted octanol–water partition coefficient (Wildman–Crippen LogP) is -0.221. The van der Waals surface area contributed by atoms with E-state index in [4.69, 9.17) is 10.3 Å². The van der Waals surface area contributed by atoms with Gasteiger partial charge in [0.2, 0.25) is 15.9 Å². The molecule has 0 atom stereocenters. The van der Waals surface area contributed by atoms with E-state index in [0.29, 0.717) is 18.9 Å². The van der Waals surface area contributed by atoms with E-state index < -0.39 is 10.0 Å². The van der Waals surface area contributed by atoms with E-state index in [0.717, 1.165) is 6.42 Å². The second kappa shape index (κ2) is 6.01. The van der Waals surface area contributed by atoms with E-state index in [1.54, 1.807) is 0 Å². The molecule has 2 aromatic heterocycles. The van der Waals surface area contributed by atoms with Crippen LogP contribution in [-0.4, -0.2) is 34.9 Å². The van der Waals surface area contributed by atoms with E-state index in [1.807, 2.05) is 6.92 Å². The van der Waals surface area contributed by atoms with Crippen molar-refractivity contribution in [2.75, 3.05) is 12.3 Å². The number of aromatic nitrogens is 4. The molecule has 0 amide bonds. The van der Waals surface area contributed by atoms with Gasteiger partial charge in [0.15, 0.2) is 12.1 Å². The first-order valence-electron chi connectivity index (χ1n) is 6.11. The van der Waals surface area contributed by atoms with Crippen LogP contribution in [0.15, 0.2) is 21.9 Å². The van der Waals surface area contributed by atoms with Gasteiger partial charge >= 0.3 is 0 Å². The van der Waals surface area contributed by atoms with Crippen molar-refractivity contribution in [1.82, 2.24) is 24.6 Å². The number of rotatable bonds is 7. The minimum Gasteiger partial charge on any atom is -0.381 e. The summed E-state index contributed by atoms with van der Waals surface area (Å²) in [6, 6.07) is 0. The number of nitrogens with one attached hydrogen (secondary N) is 1. The van der Waals surface area contributed by atoms with Crippen molar-refractivity contribution in [2.24, 2.45) is 0 Å². The molecule has 0 radical (unpaired) electrons. The number of hydrogen-bond donors (Lipinski definition) is 2. The van der Waals surface area contributed by atoms with Gasteiger partial charge in [-0.15, -0.1) is 0 Å². The maximum atomic E-state index is 12.1. The Morgan fingerprint density at radius 1 is 1.50 bits per heavy atom. The van der Waals surface area contributed by atoms with Crippen molar-refractivity contribution >= 4 is 15.8 Å². The summed E-state index contributed by atoms with van der Waals surface area (Å²) in [4.78, 5) is 3.78. The molecule has 0 saturated carbocycles. The largest absolute Gasteiger partial charge is 0.381 e. The summed E-state index contributed by atoms with van der Waals surface area (Å²) in [5, 5.41) is 7.40. The predicted molar refractivity (Wildman–Crippen MR) is 70.1 cm³/mol. The van der Waals surface area contributed by atoms with Gasteiger partial charge in [-0.1, -0.05) is 12.1 Å². The van der Waals surface area contributed by atoms with Crippen LogP contribution in [0.5, 0.6) is 0 Å². The fourth-order valence-electron chi connectivity index (χ4n) is 1.64. The Morgan fingerprint density at radius 2 is 2.30 bits per heavy atom. The third-order valence-electron chi connectivity index (χ3n) is 2.54. The van der Waals surface area contributed by atoms with Crippen LogP contribution in [0.3, 0.4) is 0 Å². The Morgan fingerprint density at radius 3 is 2.95 bits per heavy atom. The van der Waals surface area contributed by atoms with Crippen LogP contribution < -0.4 is 10.5 Å². The Bertz CT molecular complexity index is 649. The average molecular weight is 300 g/mol. The first-order valence-corrected chi connectivity index (χ1v) is 7.59. The number of nitrogen functional groups attached to an aromatic ring is 1. The maximum absolute atomic E-state index is 12.1. The smallest absolute Gasteiger partial charge is 0.245 e. The van der Waals surface area contributed by atoms with Crippen LogP contribution >= 0.6 is 0 Å². The Labute approximate surface area is 116 Å². The van der Waals surface area contributed by atoms with Crippen molar-refractivity contribution in [2.45, 2.75) is 31.2 Å². The van der Waals surface area contributed by atoms with E-state index in [-0.39, 0.29) is 17.3 Å². The lowest BCUT2D eigenvalue weighted by atomic mass is 10.4. The summed E-state index contributed by atoms with van der Waals surface area (Å²) in [5.41, 5.74) is 5.63. The van der Waals surface area contributed by atoms with Crippen LogP contribution in [0.4, 0.5) is 5.82 Å². The van der Waals surface area contributed by atoms with Crippen LogP contribution in [-0.2, 0) is 23.0 Å². The SMILES string of the molecule is CCCn1cc(S(=O)(=O)NCCc2ncno2)c(N)n1. The van der Waals surface area contributed by atoms with Gasteiger partial charge in [-0.05, 0) is 6.42 Å². The summed E-state index contributed by atoms with van der Waals surface area (Å²) >= 11 is 0. The molecule has 2 aromatic rings. The fraction of sp³-hybridized carbons (Fsp3) is 0.500. The van der Waals surface area contributed by atoms with Crippen molar-refractivity contribution in [1.29, 1.82) is 0 Å². The fourth-order valence-corrected chi connectivity index (χ4v) is 2.75. The summed E-state index contributed by atoms with van der Waals surface area (Å²) in [6.07, 6.45) is 3.83. The lowest BCUT2D eigenvalue weighted by Gasteiger charge is -2.03. The zero-order valence-electron chi connectivity index (χ0n) is 11.0. The van der Waals surface area contributed by atoms with Crippen LogP contribution in [0, 0.1) is 0 Å². The van der Waals surface area contributed by atoms with E-state index >= 15 is 0 Å². The number of nitrogens with two attached hydrogens (primary N) is 1. The molecular formula is C10H16N6O3S. The van der Waals surface area contributed by atoms with Gasteiger partial charge in [0.05, 0.1) is 0 Å². The third-order valence-corrected chi connectivity index (χ3v) is 4.01. The number of anilines is 1. The zero-order valence-corrected chi connectivity index (χ0v) is 11.8. The molecule has 2 heterocycles. The third kappa shape index (κ3) is 3.33. The molecule has 0 aromatic carbocycles. The molecule has 0 bridgehead atoms. The van der Waals surface area contributed by atoms with Crippen molar-refractivity contribution in [3.05, 3.63) is 18.4 Å². The second-order valence-electron chi connectivity index (χ2n) is 4.12. The molecule has 0 saturated heterocycles. The highest BCUT2D eigenvalue weighted by Gasteiger charge is 2.20. The van der Waals surface area contributed by atoms with Gasteiger partial charge in [0, 0.05) is 25.7 Å². The van der Waals surface area contributed by atoms with E-state index in [1.165, 1.54) is 17.2 Å². The van der Waals surface area contributed by atoms with Crippen molar-refractivity contribution in [3.8, 4) is 0 Å². The van der Waals surface area contributed by atoms with Crippen molar-refractivity contribution in [3.63, 3.8) is 0 Å². The van der Waals surface area contributed by atoms with Gasteiger partial charge in [-0.3, -0.25) is 4.68 Å². The van der Waals surface area contributed by atoms with Crippen LogP contribution in [0.1, 0.15) is 19.2 Å². The van der Waals surface area contributed by atoms with E-state index in [2.05, 4.69) is 20.0 Å². The monoisotopic (exact) mass is 300 g/mol. The minimum atomic E-state index is -3.69. The van der Waals surface area contributed by atoms with Gasteiger partial charge in [-0.2, -0.15) is 10.1 Å². The van der Waals surface area contributed by atoms with Gasteiger partial charge in [0.25, 0.3) is 0 Å². The van der Waals surface area contributed by atoms with Gasteiger partial charge < -0.3 is 10.3 Å². The lowest BCUT2D eigenvalue weighted by Crippen LogP contribution is -2.26. The van der Waals surface area contributed by atoms with Gasteiger partial charge in [0.1, 0.15) is 4.90 Å². The Balaban J connectivity index is 2.02. The Kier molecular flexibility index (Phi) is 4.35. The molecule has 3 N–H and O–H groups in total. The molecular weight excluding hydrogens is 284 g/mol. The highest BCUT2D eigenvalue weighted by molar-refractivity contribution is 7.89. The number of hydrogen-bond acceptors (Lipinski definition) is 7. The molecule has 110 valence electrons. The molecule has 9 nitrogen and oxygen atoms in total. The first kappa shape index (κ1) is 14.5.